The summed E-state index contributed by atoms with van der Waals surface area (Å²) in [5.74, 6) is 2.53. The number of rotatable bonds is 4. The summed E-state index contributed by atoms with van der Waals surface area (Å²) in [5, 5.41) is 20.7. The number of nitriles is 2. The number of fused-ring (bicyclic) bond motifs is 10. The SMILES string of the molecule is COc1cc2c(cc1OC)C1(c3ccccc3N2c2ccccc2)c2ccccc2N(c2ccccc2)c2cc3c(cc21)Oc1c(C#N)c(C)c(C)c(C#N)c1O3. The van der Waals surface area contributed by atoms with Crippen molar-refractivity contribution in [3.63, 3.8) is 0 Å². The van der Waals surface area contributed by atoms with Gasteiger partial charge in [-0.25, -0.2) is 0 Å². The first-order chi connectivity index (χ1) is 27.9. The molecule has 0 amide bonds. The standard InChI is InChI=1S/C49H34N4O4/c1-29-30(2)34(28-51)48-47(33(29)27-50)56-45-24-38-42(26-46(45)57-48)53(32-17-9-6-10-18-32)40-22-14-12-20-36(40)49(38)35-19-11-13-21-39(35)52(31-15-7-5-8-16-31)41-25-44(55-4)43(54-3)23-37(41)49/h5-26H,1-4H3. The molecule has 0 N–H and O–H groups in total. The van der Waals surface area contributed by atoms with Crippen molar-refractivity contribution in [1.82, 2.24) is 0 Å². The number of hydrogen-bond donors (Lipinski definition) is 0. The molecule has 0 saturated heterocycles. The molecule has 0 saturated carbocycles. The van der Waals surface area contributed by atoms with Gasteiger partial charge in [-0.3, -0.25) is 0 Å². The molecule has 1 spiro atoms. The molecule has 0 aromatic heterocycles. The summed E-state index contributed by atoms with van der Waals surface area (Å²) in [5.41, 5.74) is 10.8. The van der Waals surface area contributed by atoms with Crippen LogP contribution >= 0.6 is 0 Å². The van der Waals surface area contributed by atoms with Crippen molar-refractivity contribution in [2.75, 3.05) is 24.0 Å². The van der Waals surface area contributed by atoms with Gasteiger partial charge in [0.1, 0.15) is 23.3 Å². The Morgan fingerprint density at radius 1 is 0.491 bits per heavy atom. The smallest absolute Gasteiger partial charge is 0.189 e. The van der Waals surface area contributed by atoms with Crippen molar-refractivity contribution in [1.29, 1.82) is 10.5 Å². The summed E-state index contributed by atoms with van der Waals surface area (Å²) in [7, 11) is 3.32. The van der Waals surface area contributed by atoms with E-state index in [4.69, 9.17) is 18.9 Å². The molecular weight excluding hydrogens is 709 g/mol. The van der Waals surface area contributed by atoms with E-state index in [-0.39, 0.29) is 11.5 Å². The van der Waals surface area contributed by atoms with Crippen molar-refractivity contribution in [3.05, 3.63) is 178 Å². The summed E-state index contributed by atoms with van der Waals surface area (Å²) in [6, 6.07) is 50.5. The predicted molar refractivity (Wildman–Crippen MR) is 220 cm³/mol. The molecule has 274 valence electrons. The number of anilines is 6. The third kappa shape index (κ3) is 4.59. The fraction of sp³-hybridized carbons (Fsp3) is 0.102. The maximum absolute atomic E-state index is 10.4. The van der Waals surface area contributed by atoms with Gasteiger partial charge < -0.3 is 28.7 Å². The second-order valence-corrected chi connectivity index (χ2v) is 14.3. The number of methoxy groups -OCH3 is 2. The number of ether oxygens (including phenoxy) is 4. The zero-order chi connectivity index (χ0) is 39.0. The summed E-state index contributed by atoms with van der Waals surface area (Å²) in [4.78, 5) is 4.54. The Morgan fingerprint density at radius 2 is 0.912 bits per heavy atom. The van der Waals surface area contributed by atoms with Crippen molar-refractivity contribution in [3.8, 4) is 46.6 Å². The first-order valence-corrected chi connectivity index (χ1v) is 18.6. The number of nitrogens with zero attached hydrogens (tertiary/aromatic N) is 4. The second kappa shape index (κ2) is 12.7. The maximum atomic E-state index is 10.4. The van der Waals surface area contributed by atoms with E-state index >= 15 is 0 Å². The topological polar surface area (TPSA) is 91.0 Å². The fourth-order valence-electron chi connectivity index (χ4n) is 8.99. The molecular formula is C49H34N4O4. The lowest BCUT2D eigenvalue weighted by Crippen LogP contribution is -2.42. The highest BCUT2D eigenvalue weighted by molar-refractivity contribution is 5.98. The number of hydrogen-bond acceptors (Lipinski definition) is 8. The highest BCUT2D eigenvalue weighted by Crippen LogP contribution is 2.66. The fourth-order valence-corrected chi connectivity index (χ4v) is 8.99. The van der Waals surface area contributed by atoms with Crippen LogP contribution < -0.4 is 28.7 Å². The largest absolute Gasteiger partial charge is 0.493 e. The minimum atomic E-state index is -0.953. The van der Waals surface area contributed by atoms with Crippen LogP contribution in [0.1, 0.15) is 44.5 Å². The average molecular weight is 743 g/mol. The van der Waals surface area contributed by atoms with E-state index in [0.717, 1.165) is 56.4 Å². The molecule has 10 rings (SSSR count). The molecule has 8 nitrogen and oxygen atoms in total. The average Bonchev–Trinajstić information content (AvgIpc) is 3.26. The first-order valence-electron chi connectivity index (χ1n) is 18.6. The summed E-state index contributed by atoms with van der Waals surface area (Å²) < 4.78 is 25.5. The van der Waals surface area contributed by atoms with Crippen LogP contribution in [0.25, 0.3) is 0 Å². The minimum Gasteiger partial charge on any atom is -0.493 e. The highest BCUT2D eigenvalue weighted by atomic mass is 16.6. The van der Waals surface area contributed by atoms with Crippen molar-refractivity contribution in [2.24, 2.45) is 0 Å². The van der Waals surface area contributed by atoms with Crippen molar-refractivity contribution >= 4 is 34.1 Å². The number of benzene rings is 7. The molecule has 7 aromatic rings. The molecule has 3 heterocycles. The minimum absolute atomic E-state index is 0.237. The maximum Gasteiger partial charge on any atom is 0.189 e. The quantitative estimate of drug-likeness (QED) is 0.176. The van der Waals surface area contributed by atoms with Crippen LogP contribution in [0, 0.1) is 36.5 Å². The van der Waals surface area contributed by atoms with Gasteiger partial charge in [-0.1, -0.05) is 72.8 Å². The summed E-state index contributed by atoms with van der Waals surface area (Å²) in [6.45, 7) is 3.67. The van der Waals surface area contributed by atoms with Gasteiger partial charge in [-0.15, -0.1) is 0 Å². The van der Waals surface area contributed by atoms with Crippen LogP contribution in [-0.2, 0) is 5.41 Å². The molecule has 0 bridgehead atoms. The Morgan fingerprint density at radius 3 is 1.40 bits per heavy atom. The molecule has 8 heteroatoms. The van der Waals surface area contributed by atoms with Gasteiger partial charge >= 0.3 is 0 Å². The van der Waals surface area contributed by atoms with E-state index in [2.05, 4.69) is 113 Å². The monoisotopic (exact) mass is 742 g/mol. The van der Waals surface area contributed by atoms with Crippen LogP contribution in [0.15, 0.2) is 133 Å². The molecule has 7 aromatic carbocycles. The van der Waals surface area contributed by atoms with Gasteiger partial charge in [0, 0.05) is 23.5 Å². The highest BCUT2D eigenvalue weighted by Gasteiger charge is 2.53. The van der Waals surface area contributed by atoms with E-state index in [1.54, 1.807) is 14.2 Å². The van der Waals surface area contributed by atoms with Crippen LogP contribution in [0.2, 0.25) is 0 Å². The Kier molecular flexibility index (Phi) is 7.54. The van der Waals surface area contributed by atoms with Crippen LogP contribution in [-0.4, -0.2) is 14.2 Å². The normalized spacial score (nSPS) is 15.3. The molecule has 1 unspecified atom stereocenters. The van der Waals surface area contributed by atoms with Crippen LogP contribution in [0.3, 0.4) is 0 Å². The van der Waals surface area contributed by atoms with Crippen LogP contribution in [0.5, 0.6) is 34.5 Å². The van der Waals surface area contributed by atoms with Gasteiger partial charge in [0.15, 0.2) is 34.5 Å². The van der Waals surface area contributed by atoms with Gasteiger partial charge in [0.05, 0.1) is 42.4 Å². The molecule has 0 aliphatic carbocycles. The van der Waals surface area contributed by atoms with Gasteiger partial charge in [-0.2, -0.15) is 10.5 Å². The molecule has 1 atom stereocenters. The zero-order valence-corrected chi connectivity index (χ0v) is 31.6. The predicted octanol–water partition coefficient (Wildman–Crippen LogP) is 11.9. The lowest BCUT2D eigenvalue weighted by molar-refractivity contribution is 0.354. The lowest BCUT2D eigenvalue weighted by atomic mass is 9.60. The first kappa shape index (κ1) is 33.9. The van der Waals surface area contributed by atoms with Crippen LogP contribution in [0.4, 0.5) is 34.1 Å². The summed E-state index contributed by atoms with van der Waals surface area (Å²) >= 11 is 0. The van der Waals surface area contributed by atoms with E-state index in [9.17, 15) is 10.5 Å². The third-order valence-corrected chi connectivity index (χ3v) is 11.6. The van der Waals surface area contributed by atoms with Gasteiger partial charge in [0.2, 0.25) is 0 Å². The molecule has 0 radical (unpaired) electrons. The van der Waals surface area contributed by atoms with E-state index in [1.807, 2.05) is 56.3 Å². The summed E-state index contributed by atoms with van der Waals surface area (Å²) in [6.07, 6.45) is 0. The third-order valence-electron chi connectivity index (χ3n) is 11.6. The Bertz CT molecular complexity index is 2880. The second-order valence-electron chi connectivity index (χ2n) is 14.3. The van der Waals surface area contributed by atoms with E-state index in [1.165, 1.54) is 0 Å². The molecule has 3 aliphatic heterocycles. The van der Waals surface area contributed by atoms with Crippen molar-refractivity contribution < 1.29 is 18.9 Å². The van der Waals surface area contributed by atoms with E-state index in [0.29, 0.717) is 45.3 Å². The Labute approximate surface area is 330 Å². The zero-order valence-electron chi connectivity index (χ0n) is 31.6. The molecule has 3 aliphatic rings. The molecule has 57 heavy (non-hydrogen) atoms. The lowest BCUT2D eigenvalue weighted by Gasteiger charge is -2.51. The van der Waals surface area contributed by atoms with Gasteiger partial charge in [-0.05, 0) is 95.8 Å². The Balaban J connectivity index is 1.37. The van der Waals surface area contributed by atoms with Crippen molar-refractivity contribution in [2.45, 2.75) is 19.3 Å². The Hall–Kier alpha value is -7.68. The number of para-hydroxylation sites is 4. The van der Waals surface area contributed by atoms with E-state index < -0.39 is 5.41 Å². The van der Waals surface area contributed by atoms with Gasteiger partial charge in [0.25, 0.3) is 0 Å². The molecule has 0 fully saturated rings.